The number of hydrogen-bond donors (Lipinski definition) is 2. The van der Waals surface area contributed by atoms with Crippen molar-refractivity contribution in [1.29, 1.82) is 0 Å². The quantitative estimate of drug-likeness (QED) is 0.467. The number of nitrogens with one attached hydrogen (secondary N) is 1. The Balaban J connectivity index is 1.71. The smallest absolute Gasteiger partial charge is 0.260 e. The number of amides is 2. The normalized spacial score (nSPS) is 23.7. The van der Waals surface area contributed by atoms with Crippen molar-refractivity contribution in [2.75, 3.05) is 5.43 Å². The summed E-state index contributed by atoms with van der Waals surface area (Å²) < 4.78 is 19.4. The number of anilines is 1. The van der Waals surface area contributed by atoms with E-state index in [1.165, 1.54) is 24.3 Å². The van der Waals surface area contributed by atoms with E-state index in [0.29, 0.717) is 34.2 Å². The Morgan fingerprint density at radius 2 is 1.86 bits per heavy atom. The van der Waals surface area contributed by atoms with Gasteiger partial charge in [-0.3, -0.25) is 15.0 Å². The van der Waals surface area contributed by atoms with Crippen LogP contribution in [0.5, 0.6) is 0 Å². The zero-order valence-electron chi connectivity index (χ0n) is 18.6. The Hall–Kier alpha value is -3.68. The van der Waals surface area contributed by atoms with Crippen LogP contribution in [0.3, 0.4) is 0 Å². The second-order valence-electron chi connectivity index (χ2n) is 8.57. The van der Waals surface area contributed by atoms with E-state index in [0.717, 1.165) is 10.6 Å². The lowest BCUT2D eigenvalue weighted by atomic mass is 9.57. The molecule has 1 fully saturated rings. The number of rotatable bonds is 6. The summed E-state index contributed by atoms with van der Waals surface area (Å²) in [5.74, 6) is -1.97. The zero-order chi connectivity index (χ0) is 24.7. The van der Waals surface area contributed by atoms with Crippen LogP contribution >= 0.6 is 11.6 Å². The number of nitrogens with zero attached hydrogens (tertiary/aromatic N) is 1. The van der Waals surface area contributed by atoms with Gasteiger partial charge in [0.15, 0.2) is 0 Å². The fourth-order valence-corrected chi connectivity index (χ4v) is 5.36. The topological polar surface area (TPSA) is 82.8 Å². The standard InChI is InChI=1S/C27H22ClFN2O4/c1-2-16-3-13-22-25(33)31(30-20-10-8-19(29)9-11-20)26(34)27(22,17-4-6-18(28)7-5-17)24(16)23-14-12-21(15-32)35-23/h2-12,14,22,24,30,32H,1,13,15H2/t22-,24+,27+/m0/s1. The number of carbonyl (C=O) groups excluding carboxylic acids is 2. The van der Waals surface area contributed by atoms with Gasteiger partial charge in [0, 0.05) is 5.02 Å². The van der Waals surface area contributed by atoms with E-state index in [2.05, 4.69) is 12.0 Å². The molecule has 178 valence electrons. The van der Waals surface area contributed by atoms with Crippen LogP contribution < -0.4 is 5.43 Å². The Morgan fingerprint density at radius 1 is 1.14 bits per heavy atom. The van der Waals surface area contributed by atoms with Crippen LogP contribution in [0.15, 0.2) is 89.4 Å². The van der Waals surface area contributed by atoms with Gasteiger partial charge < -0.3 is 9.52 Å². The largest absolute Gasteiger partial charge is 0.463 e. The van der Waals surface area contributed by atoms with E-state index in [1.807, 2.05) is 6.08 Å². The first-order chi connectivity index (χ1) is 16.9. The van der Waals surface area contributed by atoms with Crippen molar-refractivity contribution < 1.29 is 23.5 Å². The van der Waals surface area contributed by atoms with Gasteiger partial charge in [0.05, 0.1) is 17.5 Å². The maximum atomic E-state index is 14.3. The molecule has 0 bridgehead atoms. The minimum absolute atomic E-state index is 0.303. The number of hydrazine groups is 1. The highest BCUT2D eigenvalue weighted by Crippen LogP contribution is 2.57. The van der Waals surface area contributed by atoms with Crippen LogP contribution in [0, 0.1) is 11.7 Å². The minimum Gasteiger partial charge on any atom is -0.463 e. The molecule has 1 aliphatic carbocycles. The Labute approximate surface area is 206 Å². The molecule has 0 saturated carbocycles. The molecule has 1 saturated heterocycles. The third kappa shape index (κ3) is 3.59. The number of benzene rings is 2. The summed E-state index contributed by atoms with van der Waals surface area (Å²) in [5, 5.41) is 11.1. The fourth-order valence-electron chi connectivity index (χ4n) is 5.23. The Bertz CT molecular complexity index is 1330. The molecule has 1 aliphatic heterocycles. The molecule has 2 aliphatic rings. The van der Waals surface area contributed by atoms with Crippen molar-refractivity contribution >= 4 is 29.1 Å². The van der Waals surface area contributed by atoms with Gasteiger partial charge in [-0.1, -0.05) is 42.5 Å². The molecule has 2 aromatic carbocycles. The summed E-state index contributed by atoms with van der Waals surface area (Å²) in [6.07, 6.45) is 3.86. The first-order valence-electron chi connectivity index (χ1n) is 11.1. The van der Waals surface area contributed by atoms with E-state index in [4.69, 9.17) is 16.0 Å². The highest BCUT2D eigenvalue weighted by atomic mass is 35.5. The number of aliphatic hydroxyl groups excluding tert-OH is 1. The molecule has 5 rings (SSSR count). The van der Waals surface area contributed by atoms with Gasteiger partial charge >= 0.3 is 0 Å². The van der Waals surface area contributed by atoms with Gasteiger partial charge in [0.1, 0.15) is 29.4 Å². The molecule has 3 atom stereocenters. The van der Waals surface area contributed by atoms with Crippen molar-refractivity contribution in [2.24, 2.45) is 5.92 Å². The van der Waals surface area contributed by atoms with Gasteiger partial charge in [0.2, 0.25) is 0 Å². The van der Waals surface area contributed by atoms with E-state index >= 15 is 0 Å². The number of hydrogen-bond acceptors (Lipinski definition) is 5. The second kappa shape index (κ2) is 8.83. The van der Waals surface area contributed by atoms with Crippen LogP contribution in [0.4, 0.5) is 10.1 Å². The minimum atomic E-state index is -1.36. The van der Waals surface area contributed by atoms with Crippen molar-refractivity contribution in [3.63, 3.8) is 0 Å². The number of imide groups is 1. The molecule has 0 unspecified atom stereocenters. The average molecular weight is 493 g/mol. The van der Waals surface area contributed by atoms with E-state index in [9.17, 15) is 19.1 Å². The second-order valence-corrected chi connectivity index (χ2v) is 9.00. The molecule has 1 aromatic heterocycles. The molecule has 2 N–H and O–H groups in total. The predicted molar refractivity (Wildman–Crippen MR) is 129 cm³/mol. The molecule has 0 spiro atoms. The van der Waals surface area contributed by atoms with Crippen LogP contribution in [0.1, 0.15) is 29.4 Å². The Kier molecular flexibility index (Phi) is 5.83. The summed E-state index contributed by atoms with van der Waals surface area (Å²) >= 11 is 6.16. The highest BCUT2D eigenvalue weighted by molar-refractivity contribution is 6.30. The summed E-state index contributed by atoms with van der Waals surface area (Å²) in [6.45, 7) is 3.63. The van der Waals surface area contributed by atoms with Gasteiger partial charge in [-0.15, -0.1) is 0 Å². The van der Waals surface area contributed by atoms with E-state index < -0.39 is 34.9 Å². The lowest BCUT2D eigenvalue weighted by Crippen LogP contribution is -2.48. The SMILES string of the molecule is C=CC1=CC[C@H]2C(=O)N(Nc3ccc(F)cc3)C(=O)[C@@]2(c2ccc(Cl)cc2)[C@H]1c1ccc(CO)o1. The molecule has 3 aromatic rings. The molecule has 35 heavy (non-hydrogen) atoms. The monoisotopic (exact) mass is 492 g/mol. The molecule has 2 heterocycles. The van der Waals surface area contributed by atoms with Crippen LogP contribution in [-0.2, 0) is 21.6 Å². The molecule has 2 amide bonds. The molecule has 0 radical (unpaired) electrons. The third-order valence-corrected chi connectivity index (χ3v) is 7.02. The van der Waals surface area contributed by atoms with E-state index in [1.54, 1.807) is 42.5 Å². The first kappa shape index (κ1) is 23.1. The van der Waals surface area contributed by atoms with Crippen LogP contribution in [0.25, 0.3) is 0 Å². The zero-order valence-corrected chi connectivity index (χ0v) is 19.3. The fraction of sp³-hybridized carbons (Fsp3) is 0.185. The van der Waals surface area contributed by atoms with Crippen LogP contribution in [0.2, 0.25) is 5.02 Å². The van der Waals surface area contributed by atoms with Crippen molar-refractivity contribution in [2.45, 2.75) is 24.4 Å². The lowest BCUT2D eigenvalue weighted by Gasteiger charge is -2.41. The maximum absolute atomic E-state index is 14.3. The lowest BCUT2D eigenvalue weighted by molar-refractivity contribution is -0.138. The summed E-state index contributed by atoms with van der Waals surface area (Å²) in [5.41, 5.74) is 3.25. The third-order valence-electron chi connectivity index (χ3n) is 6.77. The first-order valence-corrected chi connectivity index (χ1v) is 11.5. The van der Waals surface area contributed by atoms with Gasteiger partial charge in [-0.05, 0) is 66.1 Å². The molecular formula is C27H22ClFN2O4. The van der Waals surface area contributed by atoms with Crippen molar-refractivity contribution in [1.82, 2.24) is 5.01 Å². The highest BCUT2D eigenvalue weighted by Gasteiger charge is 2.66. The van der Waals surface area contributed by atoms with Gasteiger partial charge in [-0.2, -0.15) is 5.01 Å². The summed E-state index contributed by atoms with van der Waals surface area (Å²) in [4.78, 5) is 28.1. The predicted octanol–water partition coefficient (Wildman–Crippen LogP) is 5.11. The summed E-state index contributed by atoms with van der Waals surface area (Å²) in [7, 11) is 0. The molecule has 8 heteroatoms. The van der Waals surface area contributed by atoms with Crippen LogP contribution in [-0.4, -0.2) is 21.9 Å². The molecule has 6 nitrogen and oxygen atoms in total. The number of fused-ring (bicyclic) bond motifs is 1. The summed E-state index contributed by atoms with van der Waals surface area (Å²) in [6, 6.07) is 15.6. The van der Waals surface area contributed by atoms with Crippen molar-refractivity contribution in [3.8, 4) is 0 Å². The van der Waals surface area contributed by atoms with Gasteiger partial charge in [-0.25, -0.2) is 4.39 Å². The van der Waals surface area contributed by atoms with Crippen molar-refractivity contribution in [3.05, 3.63) is 113 Å². The maximum Gasteiger partial charge on any atom is 0.260 e. The number of halogens is 2. The molecular weight excluding hydrogens is 471 g/mol. The van der Waals surface area contributed by atoms with Gasteiger partial charge in [0.25, 0.3) is 11.8 Å². The average Bonchev–Trinajstić information content (AvgIpc) is 3.43. The Morgan fingerprint density at radius 3 is 2.49 bits per heavy atom. The number of carbonyl (C=O) groups is 2. The number of aliphatic hydroxyl groups is 1. The number of furan rings is 1. The van der Waals surface area contributed by atoms with E-state index in [-0.39, 0.29) is 6.61 Å². The number of allylic oxidation sites excluding steroid dienone is 3.